The van der Waals surface area contributed by atoms with E-state index in [4.69, 9.17) is 0 Å². The van der Waals surface area contributed by atoms with Crippen molar-refractivity contribution in [2.45, 2.75) is 20.8 Å². The number of hydrogen-bond acceptors (Lipinski definition) is 2. The van der Waals surface area contributed by atoms with Gasteiger partial charge in [0.25, 0.3) is 0 Å². The molecular weight excluding hydrogens is 282 g/mol. The zero-order valence-corrected chi connectivity index (χ0v) is 11.9. The zero-order chi connectivity index (χ0) is 13.0. The van der Waals surface area contributed by atoms with Gasteiger partial charge < -0.3 is 10.4 Å². The highest BCUT2D eigenvalue weighted by atomic mass is 79.9. The number of nitrogens with one attached hydrogen (secondary N) is 1. The summed E-state index contributed by atoms with van der Waals surface area (Å²) in [5, 5.41) is 12.0. The first kappa shape index (κ1) is 14.2. The van der Waals surface area contributed by atoms with E-state index in [0.717, 1.165) is 15.7 Å². The van der Waals surface area contributed by atoms with Crippen molar-refractivity contribution in [1.29, 1.82) is 0 Å². The van der Waals surface area contributed by atoms with Crippen LogP contribution in [0.5, 0.6) is 0 Å². The molecule has 0 spiro atoms. The maximum atomic E-state index is 11.9. The van der Waals surface area contributed by atoms with Gasteiger partial charge in [-0.2, -0.15) is 0 Å². The molecule has 1 rings (SSSR count). The van der Waals surface area contributed by atoms with Crippen LogP contribution in [0.15, 0.2) is 22.7 Å². The molecule has 4 heteroatoms. The van der Waals surface area contributed by atoms with Crippen LogP contribution in [-0.2, 0) is 4.79 Å². The van der Waals surface area contributed by atoms with Gasteiger partial charge in [-0.25, -0.2) is 0 Å². The fourth-order valence-corrected chi connectivity index (χ4v) is 2.14. The SMILES string of the molecule is Cc1ccc(NC(=O)C(CO)C(C)C)c(Br)c1. The van der Waals surface area contributed by atoms with E-state index in [-0.39, 0.29) is 24.3 Å². The van der Waals surface area contributed by atoms with Crippen LogP contribution in [-0.4, -0.2) is 17.6 Å². The fourth-order valence-electron chi connectivity index (χ4n) is 1.54. The van der Waals surface area contributed by atoms with Gasteiger partial charge in [0.05, 0.1) is 18.2 Å². The summed E-state index contributed by atoms with van der Waals surface area (Å²) >= 11 is 3.41. The molecule has 1 aromatic rings. The lowest BCUT2D eigenvalue weighted by atomic mass is 9.96. The third-order valence-electron chi connectivity index (χ3n) is 2.72. The highest BCUT2D eigenvalue weighted by Crippen LogP contribution is 2.24. The van der Waals surface area contributed by atoms with Crippen LogP contribution in [0.25, 0.3) is 0 Å². The van der Waals surface area contributed by atoms with Crippen molar-refractivity contribution in [3.05, 3.63) is 28.2 Å². The summed E-state index contributed by atoms with van der Waals surface area (Å²) in [5.41, 5.74) is 1.86. The van der Waals surface area contributed by atoms with Crippen LogP contribution in [0, 0.1) is 18.8 Å². The number of halogens is 1. The molecule has 1 aromatic carbocycles. The summed E-state index contributed by atoms with van der Waals surface area (Å²) in [4.78, 5) is 11.9. The van der Waals surface area contributed by atoms with Crippen molar-refractivity contribution >= 4 is 27.5 Å². The van der Waals surface area contributed by atoms with Crippen molar-refractivity contribution < 1.29 is 9.90 Å². The minimum Gasteiger partial charge on any atom is -0.396 e. The molecule has 0 aliphatic rings. The highest BCUT2D eigenvalue weighted by Gasteiger charge is 2.21. The Balaban J connectivity index is 2.80. The number of carbonyl (C=O) groups is 1. The first-order chi connectivity index (χ1) is 7.95. The average molecular weight is 300 g/mol. The number of aliphatic hydroxyl groups is 1. The molecule has 1 unspecified atom stereocenters. The standard InChI is InChI=1S/C13H18BrNO2/c1-8(2)10(7-16)13(17)15-12-5-4-9(3)6-11(12)14/h4-6,8,10,16H,7H2,1-3H3,(H,15,17). The number of anilines is 1. The number of hydrogen-bond donors (Lipinski definition) is 2. The lowest BCUT2D eigenvalue weighted by Gasteiger charge is -2.18. The Bertz CT molecular complexity index is 404. The number of aryl methyl sites for hydroxylation is 1. The van der Waals surface area contributed by atoms with Crippen LogP contribution in [0.3, 0.4) is 0 Å². The van der Waals surface area contributed by atoms with E-state index in [1.54, 1.807) is 0 Å². The number of amides is 1. The summed E-state index contributed by atoms with van der Waals surface area (Å²) in [6.07, 6.45) is 0. The van der Waals surface area contributed by atoms with Gasteiger partial charge in [0.15, 0.2) is 0 Å². The lowest BCUT2D eigenvalue weighted by Crippen LogP contribution is -2.29. The summed E-state index contributed by atoms with van der Waals surface area (Å²) in [6.45, 7) is 5.70. The van der Waals surface area contributed by atoms with E-state index in [1.807, 2.05) is 39.0 Å². The average Bonchev–Trinajstić information content (AvgIpc) is 2.22. The van der Waals surface area contributed by atoms with Gasteiger partial charge in [0.1, 0.15) is 0 Å². The van der Waals surface area contributed by atoms with Gasteiger partial charge in [-0.15, -0.1) is 0 Å². The molecule has 94 valence electrons. The highest BCUT2D eigenvalue weighted by molar-refractivity contribution is 9.10. The second kappa shape index (κ2) is 6.17. The fraction of sp³-hybridized carbons (Fsp3) is 0.462. The van der Waals surface area contributed by atoms with E-state index in [9.17, 15) is 9.90 Å². The van der Waals surface area contributed by atoms with Gasteiger partial charge in [0, 0.05) is 4.47 Å². The monoisotopic (exact) mass is 299 g/mol. The summed E-state index contributed by atoms with van der Waals surface area (Å²) in [7, 11) is 0. The van der Waals surface area contributed by atoms with Crippen molar-refractivity contribution in [2.75, 3.05) is 11.9 Å². The molecule has 1 atom stereocenters. The Morgan fingerprint density at radius 2 is 2.12 bits per heavy atom. The molecule has 1 amide bonds. The molecule has 0 heterocycles. The van der Waals surface area contributed by atoms with E-state index < -0.39 is 0 Å². The van der Waals surface area contributed by atoms with Crippen LogP contribution < -0.4 is 5.32 Å². The first-order valence-corrected chi connectivity index (χ1v) is 6.43. The second-order valence-electron chi connectivity index (χ2n) is 4.51. The summed E-state index contributed by atoms with van der Waals surface area (Å²) < 4.78 is 0.853. The number of aliphatic hydroxyl groups excluding tert-OH is 1. The quantitative estimate of drug-likeness (QED) is 0.898. The molecule has 3 nitrogen and oxygen atoms in total. The third kappa shape index (κ3) is 3.82. The molecule has 0 aliphatic heterocycles. The maximum absolute atomic E-state index is 11.9. The van der Waals surface area contributed by atoms with Crippen LogP contribution in [0.4, 0.5) is 5.69 Å². The Morgan fingerprint density at radius 3 is 2.59 bits per heavy atom. The molecule has 0 saturated carbocycles. The van der Waals surface area contributed by atoms with Gasteiger partial charge in [0.2, 0.25) is 5.91 Å². The predicted molar refractivity (Wildman–Crippen MR) is 72.9 cm³/mol. The van der Waals surface area contributed by atoms with Crippen LogP contribution >= 0.6 is 15.9 Å². The van der Waals surface area contributed by atoms with Crippen molar-refractivity contribution in [2.24, 2.45) is 11.8 Å². The first-order valence-electron chi connectivity index (χ1n) is 5.63. The van der Waals surface area contributed by atoms with Crippen LogP contribution in [0.2, 0.25) is 0 Å². The molecule has 0 fully saturated rings. The molecule has 0 bridgehead atoms. The number of carbonyl (C=O) groups excluding carboxylic acids is 1. The van der Waals surface area contributed by atoms with Gasteiger partial charge in [-0.3, -0.25) is 4.79 Å². The Kier molecular flexibility index (Phi) is 5.15. The molecule has 0 radical (unpaired) electrons. The van der Waals surface area contributed by atoms with Crippen LogP contribution in [0.1, 0.15) is 19.4 Å². The third-order valence-corrected chi connectivity index (χ3v) is 3.38. The van der Waals surface area contributed by atoms with Gasteiger partial charge >= 0.3 is 0 Å². The van der Waals surface area contributed by atoms with Crippen molar-refractivity contribution in [3.8, 4) is 0 Å². The summed E-state index contributed by atoms with van der Waals surface area (Å²) in [6, 6.07) is 5.73. The topological polar surface area (TPSA) is 49.3 Å². The van der Waals surface area contributed by atoms with E-state index >= 15 is 0 Å². The normalized spacial score (nSPS) is 12.6. The van der Waals surface area contributed by atoms with Gasteiger partial charge in [-0.1, -0.05) is 19.9 Å². The van der Waals surface area contributed by atoms with Crippen molar-refractivity contribution in [1.82, 2.24) is 0 Å². The Hall–Kier alpha value is -0.870. The van der Waals surface area contributed by atoms with Crippen molar-refractivity contribution in [3.63, 3.8) is 0 Å². The largest absolute Gasteiger partial charge is 0.396 e. The smallest absolute Gasteiger partial charge is 0.230 e. The zero-order valence-electron chi connectivity index (χ0n) is 10.3. The molecule has 2 N–H and O–H groups in total. The predicted octanol–water partition coefficient (Wildman–Crippen LogP) is 2.96. The lowest BCUT2D eigenvalue weighted by molar-refractivity contribution is -0.122. The number of rotatable bonds is 4. The summed E-state index contributed by atoms with van der Waals surface area (Å²) in [5.74, 6) is -0.403. The second-order valence-corrected chi connectivity index (χ2v) is 5.36. The van der Waals surface area contributed by atoms with E-state index in [0.29, 0.717) is 0 Å². The van der Waals surface area contributed by atoms with Gasteiger partial charge in [-0.05, 0) is 46.5 Å². The Morgan fingerprint density at radius 1 is 1.47 bits per heavy atom. The maximum Gasteiger partial charge on any atom is 0.230 e. The molecule has 0 aromatic heterocycles. The minimum absolute atomic E-state index is 0.115. The minimum atomic E-state index is -0.372. The molecule has 17 heavy (non-hydrogen) atoms. The molecular formula is C13H18BrNO2. The molecule has 0 aliphatic carbocycles. The van der Waals surface area contributed by atoms with E-state index in [1.165, 1.54) is 0 Å². The number of benzene rings is 1. The molecule has 0 saturated heterocycles. The van der Waals surface area contributed by atoms with E-state index in [2.05, 4.69) is 21.2 Å². The Labute approximate surface area is 110 Å².